The fourth-order valence-corrected chi connectivity index (χ4v) is 3.74. The lowest BCUT2D eigenvalue weighted by Crippen LogP contribution is -2.54. The van der Waals surface area contributed by atoms with E-state index in [0.717, 1.165) is 0 Å². The molecule has 13 nitrogen and oxygen atoms in total. The van der Waals surface area contributed by atoms with Crippen molar-refractivity contribution >= 4 is 23.7 Å². The molecule has 3 rings (SSSR count). The quantitative estimate of drug-likeness (QED) is 0.0534. The third-order valence-corrected chi connectivity index (χ3v) is 5.74. The number of nitrogens with one attached hydrogen (secondary N) is 3. The second-order valence-corrected chi connectivity index (χ2v) is 8.67. The van der Waals surface area contributed by atoms with Crippen molar-refractivity contribution in [1.29, 1.82) is 0 Å². The van der Waals surface area contributed by atoms with Crippen LogP contribution in [0.15, 0.2) is 41.5 Å². The number of unbranched alkanes of at least 4 members (excludes halogenated alkanes) is 1. The number of amides is 3. The third-order valence-electron chi connectivity index (χ3n) is 5.74. The number of fused-ring (bicyclic) bond motifs is 13. The predicted molar refractivity (Wildman–Crippen MR) is 135 cm³/mol. The Morgan fingerprint density at radius 2 is 1.87 bits per heavy atom. The van der Waals surface area contributed by atoms with E-state index in [9.17, 15) is 19.2 Å². The molecule has 38 heavy (non-hydrogen) atoms. The van der Waals surface area contributed by atoms with Crippen LogP contribution in [-0.4, -0.2) is 75.0 Å². The number of hydrogen-bond acceptors (Lipinski definition) is 8. The van der Waals surface area contributed by atoms with Crippen molar-refractivity contribution in [3.63, 3.8) is 0 Å². The van der Waals surface area contributed by atoms with Crippen LogP contribution >= 0.6 is 0 Å². The van der Waals surface area contributed by atoms with Crippen LogP contribution < -0.4 is 26.7 Å². The van der Waals surface area contributed by atoms with Gasteiger partial charge in [-0.2, -0.15) is 5.84 Å². The maximum absolute atomic E-state index is 13.3. The summed E-state index contributed by atoms with van der Waals surface area (Å²) >= 11 is 0. The smallest absolute Gasteiger partial charge is 0.328 e. The van der Waals surface area contributed by atoms with Crippen LogP contribution in [0.3, 0.4) is 0 Å². The van der Waals surface area contributed by atoms with E-state index in [4.69, 9.17) is 20.2 Å². The summed E-state index contributed by atoms with van der Waals surface area (Å²) in [4.78, 5) is 57.6. The molecule has 208 valence electrons. The summed E-state index contributed by atoms with van der Waals surface area (Å²) < 4.78 is 10.5. The normalized spacial score (nSPS) is 21.9. The van der Waals surface area contributed by atoms with E-state index in [1.807, 2.05) is 0 Å². The van der Waals surface area contributed by atoms with Gasteiger partial charge >= 0.3 is 5.97 Å². The second kappa shape index (κ2) is 16.0. The molecule has 0 saturated heterocycles. The van der Waals surface area contributed by atoms with Gasteiger partial charge in [-0.25, -0.2) is 10.3 Å². The number of rotatable bonds is 8. The number of nitrogens with two attached hydrogens (primary N) is 1. The largest absolute Gasteiger partial charge is 0.490 e. The average molecular weight is 534 g/mol. The highest BCUT2D eigenvalue weighted by molar-refractivity contribution is 6.02. The Morgan fingerprint density at radius 1 is 1.13 bits per heavy atom. The van der Waals surface area contributed by atoms with Gasteiger partial charge in [0, 0.05) is 0 Å². The Balaban J connectivity index is 2.35. The zero-order valence-electron chi connectivity index (χ0n) is 22.0. The van der Waals surface area contributed by atoms with Crippen molar-refractivity contribution in [2.24, 2.45) is 16.9 Å². The molecule has 3 atom stereocenters. The van der Waals surface area contributed by atoms with Gasteiger partial charge in [-0.15, -0.1) is 0 Å². The molecule has 0 fully saturated rings. The van der Waals surface area contributed by atoms with Gasteiger partial charge < -0.3 is 20.1 Å². The Kier molecular flexibility index (Phi) is 12.7. The highest BCUT2D eigenvalue weighted by Crippen LogP contribution is 2.17. The van der Waals surface area contributed by atoms with Gasteiger partial charge in [0.15, 0.2) is 7.05 Å². The minimum absolute atomic E-state index is 0.0576. The van der Waals surface area contributed by atoms with Gasteiger partial charge in [-0.1, -0.05) is 24.3 Å². The summed E-state index contributed by atoms with van der Waals surface area (Å²) in [6.07, 6.45) is 5.01. The molecule has 2 bridgehead atoms. The highest BCUT2D eigenvalue weighted by Gasteiger charge is 2.32. The molecule has 1 aromatic carbocycles. The fraction of sp³-hybridized carbons (Fsp3) is 0.520. The molecule has 0 unspecified atom stereocenters. The van der Waals surface area contributed by atoms with Crippen molar-refractivity contribution in [1.82, 2.24) is 16.1 Å². The lowest BCUT2D eigenvalue weighted by atomic mass is 9.96. The van der Waals surface area contributed by atoms with Crippen LogP contribution in [-0.2, 0) is 35.2 Å². The molecular formula is C25H37N6O7+. The molecule has 0 spiro atoms. The summed E-state index contributed by atoms with van der Waals surface area (Å²) in [5.41, 5.74) is 2.91. The number of hydroxylamine groups is 1. The molecule has 5 N–H and O–H groups in total. The number of nitrogens with zero attached hydrogens (tertiary/aromatic N) is 2. The number of methoxy groups -OCH3 is 1. The van der Waals surface area contributed by atoms with Gasteiger partial charge in [0.05, 0.1) is 14.2 Å². The van der Waals surface area contributed by atoms with E-state index < -0.39 is 41.7 Å². The topological polar surface area (TPSA) is 173 Å². The first-order chi connectivity index (χ1) is 18.2. The van der Waals surface area contributed by atoms with Crippen LogP contribution in [0, 0.1) is 5.92 Å². The third kappa shape index (κ3) is 10.2. The predicted octanol–water partition coefficient (Wildman–Crippen LogP) is 0.143. The van der Waals surface area contributed by atoms with Gasteiger partial charge in [-0.3, -0.25) is 19.2 Å². The lowest BCUT2D eigenvalue weighted by Gasteiger charge is -2.24. The number of hydrazine groups is 1. The molecule has 2 aliphatic rings. The minimum Gasteiger partial charge on any atom is -0.490 e. The molecule has 2 aliphatic heterocycles. The first kappa shape index (κ1) is 30.2. The Labute approximate surface area is 221 Å². The van der Waals surface area contributed by atoms with Crippen molar-refractivity contribution in [2.75, 3.05) is 34.4 Å². The van der Waals surface area contributed by atoms with Crippen molar-refractivity contribution in [3.8, 4) is 5.75 Å². The molecule has 13 heteroatoms. The zero-order chi connectivity index (χ0) is 27.9. The van der Waals surface area contributed by atoms with E-state index in [1.54, 1.807) is 43.5 Å². The molecule has 0 aromatic heterocycles. The van der Waals surface area contributed by atoms with Crippen LogP contribution in [0.2, 0.25) is 0 Å². The molecule has 1 aromatic rings. The first-order valence-corrected chi connectivity index (χ1v) is 12.3. The van der Waals surface area contributed by atoms with Crippen LogP contribution in [0.5, 0.6) is 5.75 Å². The number of carbonyl (C=O) groups excluding carboxylic acids is 4. The molecular weight excluding hydrogens is 496 g/mol. The van der Waals surface area contributed by atoms with E-state index in [0.29, 0.717) is 30.7 Å². The number of ether oxygens (including phenoxy) is 2. The van der Waals surface area contributed by atoms with Crippen molar-refractivity contribution < 1.29 is 38.3 Å². The summed E-state index contributed by atoms with van der Waals surface area (Å²) in [6.45, 7) is 0.674. The maximum Gasteiger partial charge on any atom is 0.328 e. The number of benzene rings is 1. The Hall–Kier alpha value is -4.00. The molecule has 0 radical (unpaired) electrons. The minimum atomic E-state index is -1.19. The summed E-state index contributed by atoms with van der Waals surface area (Å²) in [5, 5.41) is 9.40. The second-order valence-electron chi connectivity index (χ2n) is 8.67. The standard InChI is InChI=1S/C25H36N6O7/c1-31(26)27-14-6-4-8-20-24(34)29-21(25(35)36-2)9-5-7-15-38-18-12-10-17(11-13-18)16-19(22(32)28-20)23(33)30-37-3/h5,7,10-13,19-21H,4,6,8-9,14-16H2,1-3H3,(H4-,26,27,28,29,30,32,33,34)/p+1/b7-5-/t19-,20-,21-/m0/s1. The van der Waals surface area contributed by atoms with Crippen molar-refractivity contribution in [2.45, 2.75) is 44.2 Å². The summed E-state index contributed by atoms with van der Waals surface area (Å²) in [6, 6.07) is 4.98. The van der Waals surface area contributed by atoms with Gasteiger partial charge in [0.2, 0.25) is 11.8 Å². The number of azo groups is 1. The number of esters is 1. The lowest BCUT2D eigenvalue weighted by molar-refractivity contribution is -0.579. The summed E-state index contributed by atoms with van der Waals surface area (Å²) in [5.74, 6) is 2.35. The van der Waals surface area contributed by atoms with Crippen LogP contribution in [0.1, 0.15) is 31.2 Å². The zero-order valence-corrected chi connectivity index (χ0v) is 22.0. The first-order valence-electron chi connectivity index (χ1n) is 12.3. The Morgan fingerprint density at radius 3 is 2.53 bits per heavy atom. The van der Waals surface area contributed by atoms with Gasteiger partial charge in [-0.05, 0) is 59.7 Å². The van der Waals surface area contributed by atoms with E-state index in [-0.39, 0.29) is 25.9 Å². The maximum atomic E-state index is 13.3. The van der Waals surface area contributed by atoms with E-state index >= 15 is 0 Å². The van der Waals surface area contributed by atoms with Crippen LogP contribution in [0.25, 0.3) is 0 Å². The van der Waals surface area contributed by atoms with E-state index in [1.165, 1.54) is 19.0 Å². The highest BCUT2D eigenvalue weighted by atomic mass is 16.6. The van der Waals surface area contributed by atoms with Crippen LogP contribution in [0.4, 0.5) is 0 Å². The average Bonchev–Trinajstić information content (AvgIpc) is 2.89. The van der Waals surface area contributed by atoms with E-state index in [2.05, 4.69) is 21.2 Å². The number of carbonyl (C=O) groups is 4. The molecule has 2 heterocycles. The number of hydrogen-bond donors (Lipinski definition) is 4. The molecule has 0 saturated carbocycles. The monoisotopic (exact) mass is 533 g/mol. The van der Waals surface area contributed by atoms with Gasteiger partial charge in [0.25, 0.3) is 5.91 Å². The fourth-order valence-electron chi connectivity index (χ4n) is 3.74. The van der Waals surface area contributed by atoms with Gasteiger partial charge in [0.1, 0.15) is 36.9 Å². The van der Waals surface area contributed by atoms with Crippen molar-refractivity contribution in [3.05, 3.63) is 42.0 Å². The summed E-state index contributed by atoms with van der Waals surface area (Å²) in [7, 11) is 4.09. The molecule has 0 aliphatic carbocycles. The SMILES string of the molecule is CONC(=O)[C@H]1Cc2ccc(cc2)OC/C=C\C[C@@H](C(=O)OC)NC(=O)[C@H](CCCCN=[N+](C)N)NC1=O. The Bertz CT molecular complexity index is 1010. The molecule has 3 amide bonds.